The smallest absolute Gasteiger partial charge is 0.256 e. The summed E-state index contributed by atoms with van der Waals surface area (Å²) in [5.74, 6) is 0.131. The van der Waals surface area contributed by atoms with Gasteiger partial charge < -0.3 is 10.1 Å². The number of aromatic nitrogens is 1. The zero-order chi connectivity index (χ0) is 21.7. The first kappa shape index (κ1) is 21.5. The summed E-state index contributed by atoms with van der Waals surface area (Å²) >= 11 is 0. The van der Waals surface area contributed by atoms with Gasteiger partial charge in [0.05, 0.1) is 7.11 Å². The molecule has 0 fully saturated rings. The molecule has 156 valence electrons. The number of rotatable bonds is 7. The standard InChI is InChI=1S/C22H23N3O4S/c1-16-8-7-13-23-21(16)24-22(26)18-11-12-19(29-3)20(14-18)30(27,28)25(2)15-17-9-5-4-6-10-17/h4-14H,15H2,1-3H3,(H,23,24,26). The third-order valence-corrected chi connectivity index (χ3v) is 6.43. The second-order valence-corrected chi connectivity index (χ2v) is 8.75. The number of carbonyl (C=O) groups is 1. The third-order valence-electron chi connectivity index (χ3n) is 4.60. The number of aryl methyl sites for hydroxylation is 1. The summed E-state index contributed by atoms with van der Waals surface area (Å²) in [7, 11) is -1.02. The topological polar surface area (TPSA) is 88.6 Å². The Balaban J connectivity index is 1.91. The Morgan fingerprint density at radius 3 is 2.50 bits per heavy atom. The van der Waals surface area contributed by atoms with Crippen molar-refractivity contribution < 1.29 is 17.9 Å². The average Bonchev–Trinajstić information content (AvgIpc) is 2.75. The number of nitrogens with one attached hydrogen (secondary N) is 1. The molecule has 0 aliphatic rings. The van der Waals surface area contributed by atoms with E-state index in [-0.39, 0.29) is 22.8 Å². The fraction of sp³-hybridized carbons (Fsp3) is 0.182. The van der Waals surface area contributed by atoms with Crippen LogP contribution in [0, 0.1) is 6.92 Å². The van der Waals surface area contributed by atoms with E-state index in [4.69, 9.17) is 4.74 Å². The van der Waals surface area contributed by atoms with Gasteiger partial charge in [0, 0.05) is 25.4 Å². The maximum Gasteiger partial charge on any atom is 0.256 e. The molecule has 0 atom stereocenters. The maximum atomic E-state index is 13.2. The molecule has 1 heterocycles. The van der Waals surface area contributed by atoms with Gasteiger partial charge in [0.1, 0.15) is 16.5 Å². The van der Waals surface area contributed by atoms with Gasteiger partial charge in [0.2, 0.25) is 10.0 Å². The fourth-order valence-electron chi connectivity index (χ4n) is 2.91. The molecular formula is C22H23N3O4S. The van der Waals surface area contributed by atoms with E-state index in [2.05, 4.69) is 10.3 Å². The third kappa shape index (κ3) is 4.67. The molecule has 0 bridgehead atoms. The predicted octanol–water partition coefficient (Wildman–Crippen LogP) is 3.47. The van der Waals surface area contributed by atoms with Crippen LogP contribution < -0.4 is 10.1 Å². The van der Waals surface area contributed by atoms with E-state index in [9.17, 15) is 13.2 Å². The van der Waals surface area contributed by atoms with E-state index >= 15 is 0 Å². The lowest BCUT2D eigenvalue weighted by atomic mass is 10.2. The molecule has 3 aromatic rings. The number of nitrogens with zero attached hydrogens (tertiary/aromatic N) is 2. The minimum atomic E-state index is -3.90. The minimum absolute atomic E-state index is 0.0752. The van der Waals surface area contributed by atoms with Crippen LogP contribution in [0.5, 0.6) is 5.75 Å². The van der Waals surface area contributed by atoms with Gasteiger partial charge in [-0.1, -0.05) is 36.4 Å². The van der Waals surface area contributed by atoms with Crippen LogP contribution in [0.3, 0.4) is 0 Å². The monoisotopic (exact) mass is 425 g/mol. The molecule has 7 nitrogen and oxygen atoms in total. The van der Waals surface area contributed by atoms with Crippen molar-refractivity contribution in [1.82, 2.24) is 9.29 Å². The Hall–Kier alpha value is -3.23. The zero-order valence-corrected chi connectivity index (χ0v) is 17.8. The molecule has 0 aliphatic heterocycles. The van der Waals surface area contributed by atoms with Crippen LogP contribution in [0.15, 0.2) is 71.8 Å². The van der Waals surface area contributed by atoms with Gasteiger partial charge in [-0.15, -0.1) is 0 Å². The lowest BCUT2D eigenvalue weighted by Crippen LogP contribution is -2.27. The lowest BCUT2D eigenvalue weighted by molar-refractivity contribution is 0.102. The molecule has 1 amide bonds. The summed E-state index contributed by atoms with van der Waals surface area (Å²) in [6, 6.07) is 17.2. The van der Waals surface area contributed by atoms with Crippen molar-refractivity contribution in [3.8, 4) is 5.75 Å². The normalized spacial score (nSPS) is 11.3. The molecule has 0 unspecified atom stereocenters. The first-order valence-corrected chi connectivity index (χ1v) is 10.7. The number of hydrogen-bond acceptors (Lipinski definition) is 5. The Kier molecular flexibility index (Phi) is 6.49. The van der Waals surface area contributed by atoms with Gasteiger partial charge in [0.25, 0.3) is 5.91 Å². The second kappa shape index (κ2) is 9.06. The molecule has 0 saturated heterocycles. The van der Waals surface area contributed by atoms with Crippen molar-refractivity contribution in [2.75, 3.05) is 19.5 Å². The number of ether oxygens (including phenoxy) is 1. The molecule has 30 heavy (non-hydrogen) atoms. The molecule has 8 heteroatoms. The van der Waals surface area contributed by atoms with Crippen LogP contribution in [0.25, 0.3) is 0 Å². The second-order valence-electron chi connectivity index (χ2n) is 6.74. The van der Waals surface area contributed by atoms with Crippen LogP contribution in [-0.4, -0.2) is 37.8 Å². The quantitative estimate of drug-likeness (QED) is 0.626. The van der Waals surface area contributed by atoms with E-state index in [1.165, 1.54) is 36.7 Å². The van der Waals surface area contributed by atoms with Gasteiger partial charge in [-0.25, -0.2) is 13.4 Å². The Morgan fingerprint density at radius 2 is 1.83 bits per heavy atom. The predicted molar refractivity (Wildman–Crippen MR) is 115 cm³/mol. The summed E-state index contributed by atoms with van der Waals surface area (Å²) in [4.78, 5) is 16.8. The van der Waals surface area contributed by atoms with Crippen molar-refractivity contribution in [3.63, 3.8) is 0 Å². The Labute approximate surface area is 176 Å². The summed E-state index contributed by atoms with van der Waals surface area (Å²) in [5.41, 5.74) is 1.84. The first-order valence-electron chi connectivity index (χ1n) is 9.24. The van der Waals surface area contributed by atoms with E-state index < -0.39 is 15.9 Å². The SMILES string of the molecule is COc1ccc(C(=O)Nc2ncccc2C)cc1S(=O)(=O)N(C)Cc1ccccc1. The Bertz CT molecular complexity index is 1150. The lowest BCUT2D eigenvalue weighted by Gasteiger charge is -2.19. The summed E-state index contributed by atoms with van der Waals surface area (Å²) in [6.45, 7) is 2.01. The maximum absolute atomic E-state index is 13.2. The van der Waals surface area contributed by atoms with Crippen molar-refractivity contribution >= 4 is 21.7 Å². The zero-order valence-electron chi connectivity index (χ0n) is 17.0. The molecule has 3 rings (SSSR count). The van der Waals surface area contributed by atoms with Gasteiger partial charge in [-0.05, 0) is 42.3 Å². The van der Waals surface area contributed by atoms with Gasteiger partial charge in [-0.3, -0.25) is 4.79 Å². The number of pyridine rings is 1. The highest BCUT2D eigenvalue weighted by Gasteiger charge is 2.26. The van der Waals surface area contributed by atoms with E-state index in [0.717, 1.165) is 11.1 Å². The van der Waals surface area contributed by atoms with Crippen LogP contribution in [-0.2, 0) is 16.6 Å². The summed E-state index contributed by atoms with van der Waals surface area (Å²) in [5, 5.41) is 2.71. The van der Waals surface area contributed by atoms with Gasteiger partial charge in [-0.2, -0.15) is 4.31 Å². The van der Waals surface area contributed by atoms with Gasteiger partial charge >= 0.3 is 0 Å². The number of carbonyl (C=O) groups excluding carboxylic acids is 1. The van der Waals surface area contributed by atoms with Crippen LogP contribution in [0.4, 0.5) is 5.82 Å². The number of amides is 1. The number of methoxy groups -OCH3 is 1. The summed E-state index contributed by atoms with van der Waals surface area (Å²) in [6.07, 6.45) is 1.57. The number of sulfonamides is 1. The molecule has 0 aliphatic carbocycles. The molecule has 0 saturated carbocycles. The Morgan fingerprint density at radius 1 is 1.10 bits per heavy atom. The molecule has 1 aromatic heterocycles. The minimum Gasteiger partial charge on any atom is -0.495 e. The largest absolute Gasteiger partial charge is 0.495 e. The number of anilines is 1. The fourth-order valence-corrected chi connectivity index (χ4v) is 4.25. The van der Waals surface area contributed by atoms with Crippen molar-refractivity contribution in [1.29, 1.82) is 0 Å². The highest BCUT2D eigenvalue weighted by Crippen LogP contribution is 2.28. The molecule has 2 aromatic carbocycles. The van der Waals surface area contributed by atoms with E-state index in [1.54, 1.807) is 12.3 Å². The number of hydrogen-bond donors (Lipinski definition) is 1. The van der Waals surface area contributed by atoms with Crippen molar-refractivity contribution in [3.05, 3.63) is 83.6 Å². The molecule has 0 radical (unpaired) electrons. The van der Waals surface area contributed by atoms with Crippen molar-refractivity contribution in [2.24, 2.45) is 0 Å². The average molecular weight is 426 g/mol. The highest BCUT2D eigenvalue weighted by atomic mass is 32.2. The summed E-state index contributed by atoms with van der Waals surface area (Å²) < 4.78 is 32.9. The van der Waals surface area contributed by atoms with E-state index in [1.807, 2.05) is 43.3 Å². The van der Waals surface area contributed by atoms with Gasteiger partial charge in [0.15, 0.2) is 0 Å². The molecule has 0 spiro atoms. The highest BCUT2D eigenvalue weighted by molar-refractivity contribution is 7.89. The van der Waals surface area contributed by atoms with Crippen LogP contribution >= 0.6 is 0 Å². The van der Waals surface area contributed by atoms with Crippen molar-refractivity contribution in [2.45, 2.75) is 18.4 Å². The first-order chi connectivity index (χ1) is 14.3. The van der Waals surface area contributed by atoms with E-state index in [0.29, 0.717) is 5.82 Å². The van der Waals surface area contributed by atoms with Crippen LogP contribution in [0.1, 0.15) is 21.5 Å². The number of benzene rings is 2. The van der Waals surface area contributed by atoms with Crippen LogP contribution in [0.2, 0.25) is 0 Å². The molecule has 1 N–H and O–H groups in total. The molecular weight excluding hydrogens is 402 g/mol.